The van der Waals surface area contributed by atoms with Crippen molar-refractivity contribution in [1.82, 2.24) is 9.78 Å². The van der Waals surface area contributed by atoms with E-state index in [2.05, 4.69) is 10.4 Å². The molecule has 2 heterocycles. The number of nitrogens with one attached hydrogen (secondary N) is 1. The van der Waals surface area contributed by atoms with E-state index in [4.69, 9.17) is 4.74 Å². The number of rotatable bonds is 7. The molecule has 0 saturated carbocycles. The summed E-state index contributed by atoms with van der Waals surface area (Å²) in [6, 6.07) is 18.3. The lowest BCUT2D eigenvalue weighted by Gasteiger charge is -2.15. The van der Waals surface area contributed by atoms with Crippen LogP contribution in [0.5, 0.6) is 0 Å². The summed E-state index contributed by atoms with van der Waals surface area (Å²) in [7, 11) is 0. The molecule has 0 radical (unpaired) electrons. The van der Waals surface area contributed by atoms with Crippen LogP contribution < -0.4 is 10.9 Å². The summed E-state index contributed by atoms with van der Waals surface area (Å²) in [6.45, 7) is 3.82. The zero-order chi connectivity index (χ0) is 23.4. The Morgan fingerprint density at radius 3 is 2.36 bits per heavy atom. The number of thiophene rings is 1. The summed E-state index contributed by atoms with van der Waals surface area (Å²) in [5, 5.41) is 9.86. The van der Waals surface area contributed by atoms with Gasteiger partial charge in [0.25, 0.3) is 5.56 Å². The summed E-state index contributed by atoms with van der Waals surface area (Å²) in [5.74, 6) is -1.21. The number of hydrogen-bond acceptors (Lipinski definition) is 6. The van der Waals surface area contributed by atoms with Crippen molar-refractivity contribution in [3.8, 4) is 5.69 Å². The van der Waals surface area contributed by atoms with Gasteiger partial charge in [0.05, 0.1) is 23.6 Å². The van der Waals surface area contributed by atoms with Gasteiger partial charge < -0.3 is 10.1 Å². The molecule has 1 N–H and O–H groups in total. The van der Waals surface area contributed by atoms with Crippen LogP contribution in [0.1, 0.15) is 42.2 Å². The van der Waals surface area contributed by atoms with Crippen LogP contribution in [-0.4, -0.2) is 28.3 Å². The highest BCUT2D eigenvalue weighted by atomic mass is 32.1. The number of carbonyl (C=O) groups is 2. The molecule has 0 saturated heterocycles. The maximum absolute atomic E-state index is 13.4. The predicted octanol–water partition coefficient (Wildman–Crippen LogP) is 4.76. The van der Waals surface area contributed by atoms with Crippen LogP contribution in [0.15, 0.2) is 70.8 Å². The standard InChI is InChI=1S/C25H23N3O4S/c1-3-18(16-11-7-5-8-12-16)22(29)26-23-20-19(15-33-23)21(25(31)32-4-2)27-28(24(20)30)17-13-9-6-10-14-17/h5-15,18H,3-4H2,1-2H3,(H,26,29). The molecule has 4 rings (SSSR count). The molecule has 8 heteroatoms. The maximum atomic E-state index is 13.4. The van der Waals surface area contributed by atoms with Gasteiger partial charge in [0.15, 0.2) is 5.69 Å². The number of aromatic nitrogens is 2. The monoisotopic (exact) mass is 461 g/mol. The largest absolute Gasteiger partial charge is 0.461 e. The Balaban J connectivity index is 1.83. The number of esters is 1. The van der Waals surface area contributed by atoms with Gasteiger partial charge in [0.1, 0.15) is 5.00 Å². The van der Waals surface area contributed by atoms with E-state index in [0.717, 1.165) is 5.56 Å². The Morgan fingerprint density at radius 1 is 1.06 bits per heavy atom. The van der Waals surface area contributed by atoms with Crippen molar-refractivity contribution in [3.63, 3.8) is 0 Å². The smallest absolute Gasteiger partial charge is 0.359 e. The van der Waals surface area contributed by atoms with Gasteiger partial charge >= 0.3 is 5.97 Å². The first-order valence-corrected chi connectivity index (χ1v) is 11.6. The van der Waals surface area contributed by atoms with Crippen molar-refractivity contribution >= 4 is 39.0 Å². The topological polar surface area (TPSA) is 90.3 Å². The third-order valence-corrected chi connectivity index (χ3v) is 6.18. The zero-order valence-electron chi connectivity index (χ0n) is 18.3. The fraction of sp³-hybridized carbons (Fsp3) is 0.200. The van der Waals surface area contributed by atoms with Gasteiger partial charge in [-0.05, 0) is 31.0 Å². The quantitative estimate of drug-likeness (QED) is 0.401. The molecule has 7 nitrogen and oxygen atoms in total. The van der Waals surface area contributed by atoms with Crippen LogP contribution in [-0.2, 0) is 9.53 Å². The summed E-state index contributed by atoms with van der Waals surface area (Å²) in [4.78, 5) is 39.2. The molecule has 168 valence electrons. The van der Waals surface area contributed by atoms with E-state index in [1.54, 1.807) is 36.6 Å². The van der Waals surface area contributed by atoms with E-state index in [1.165, 1.54) is 16.0 Å². The molecular weight excluding hydrogens is 438 g/mol. The number of amides is 1. The predicted molar refractivity (Wildman–Crippen MR) is 129 cm³/mol. The number of anilines is 1. The van der Waals surface area contributed by atoms with Crippen LogP contribution >= 0.6 is 11.3 Å². The van der Waals surface area contributed by atoms with Crippen molar-refractivity contribution in [2.75, 3.05) is 11.9 Å². The zero-order valence-corrected chi connectivity index (χ0v) is 19.1. The molecule has 1 atom stereocenters. The molecule has 1 unspecified atom stereocenters. The number of hydrogen-bond donors (Lipinski definition) is 1. The Labute approximate surface area is 194 Å². The van der Waals surface area contributed by atoms with Gasteiger partial charge in [-0.1, -0.05) is 55.5 Å². The van der Waals surface area contributed by atoms with Gasteiger partial charge in [0.2, 0.25) is 5.91 Å². The Kier molecular flexibility index (Phi) is 6.65. The van der Waals surface area contributed by atoms with Gasteiger partial charge in [-0.15, -0.1) is 11.3 Å². The van der Waals surface area contributed by atoms with Gasteiger partial charge in [0, 0.05) is 10.8 Å². The van der Waals surface area contributed by atoms with Crippen molar-refractivity contribution in [3.05, 3.63) is 87.7 Å². The minimum atomic E-state index is -0.626. The lowest BCUT2D eigenvalue weighted by molar-refractivity contribution is -0.117. The Hall–Kier alpha value is -3.78. The SMILES string of the molecule is CCOC(=O)c1nn(-c2ccccc2)c(=O)c2c(NC(=O)C(CC)c3ccccc3)scc12. The molecular formula is C25H23N3O4S. The summed E-state index contributed by atoms with van der Waals surface area (Å²) in [5.41, 5.74) is 1.01. The summed E-state index contributed by atoms with van der Waals surface area (Å²) in [6.07, 6.45) is 0.600. The van der Waals surface area contributed by atoms with Gasteiger partial charge in [-0.25, -0.2) is 4.79 Å². The number of nitrogens with zero attached hydrogens (tertiary/aromatic N) is 2. The van der Waals surface area contributed by atoms with E-state index in [1.807, 2.05) is 43.3 Å². The van der Waals surface area contributed by atoms with Crippen molar-refractivity contribution in [1.29, 1.82) is 0 Å². The van der Waals surface area contributed by atoms with Crippen LogP contribution in [0.3, 0.4) is 0 Å². The molecule has 0 bridgehead atoms. The second-order valence-corrected chi connectivity index (χ2v) is 8.22. The third-order valence-electron chi connectivity index (χ3n) is 5.29. The minimum Gasteiger partial charge on any atom is -0.461 e. The highest BCUT2D eigenvalue weighted by Crippen LogP contribution is 2.32. The first-order chi connectivity index (χ1) is 16.0. The van der Waals surface area contributed by atoms with Crippen LogP contribution in [0.2, 0.25) is 0 Å². The number of benzene rings is 2. The first-order valence-electron chi connectivity index (χ1n) is 10.7. The average molecular weight is 462 g/mol. The normalized spacial score (nSPS) is 11.8. The van der Waals surface area contributed by atoms with Crippen LogP contribution in [0.25, 0.3) is 16.5 Å². The Morgan fingerprint density at radius 2 is 1.73 bits per heavy atom. The van der Waals surface area contributed by atoms with E-state index < -0.39 is 11.5 Å². The summed E-state index contributed by atoms with van der Waals surface area (Å²) < 4.78 is 6.34. The molecule has 1 amide bonds. The summed E-state index contributed by atoms with van der Waals surface area (Å²) >= 11 is 1.19. The second kappa shape index (κ2) is 9.79. The van der Waals surface area contributed by atoms with Gasteiger partial charge in [-0.3, -0.25) is 9.59 Å². The molecule has 2 aromatic carbocycles. The molecule has 33 heavy (non-hydrogen) atoms. The van der Waals surface area contributed by atoms with E-state index in [9.17, 15) is 14.4 Å². The highest BCUT2D eigenvalue weighted by molar-refractivity contribution is 7.16. The molecule has 4 aromatic rings. The third kappa shape index (κ3) is 4.42. The lowest BCUT2D eigenvalue weighted by atomic mass is 9.96. The van der Waals surface area contributed by atoms with Crippen molar-refractivity contribution < 1.29 is 14.3 Å². The Bertz CT molecular complexity index is 1350. The molecule has 0 aliphatic heterocycles. The minimum absolute atomic E-state index is 0.0298. The molecule has 2 aromatic heterocycles. The molecule has 0 fully saturated rings. The number of carbonyl (C=O) groups excluding carboxylic acids is 2. The number of ether oxygens (including phenoxy) is 1. The first kappa shape index (κ1) is 22.4. The van der Waals surface area contributed by atoms with Crippen LogP contribution in [0, 0.1) is 0 Å². The fourth-order valence-electron chi connectivity index (χ4n) is 3.69. The van der Waals surface area contributed by atoms with Gasteiger partial charge in [-0.2, -0.15) is 9.78 Å². The van der Waals surface area contributed by atoms with E-state index in [0.29, 0.717) is 22.5 Å². The van der Waals surface area contributed by atoms with Crippen molar-refractivity contribution in [2.45, 2.75) is 26.2 Å². The number of fused-ring (bicyclic) bond motifs is 1. The lowest BCUT2D eigenvalue weighted by Crippen LogP contribution is -2.26. The second-order valence-electron chi connectivity index (χ2n) is 7.34. The van der Waals surface area contributed by atoms with Crippen LogP contribution in [0.4, 0.5) is 5.00 Å². The van der Waals surface area contributed by atoms with E-state index in [-0.39, 0.29) is 29.5 Å². The average Bonchev–Trinajstić information content (AvgIpc) is 3.25. The fourth-order valence-corrected chi connectivity index (χ4v) is 4.63. The number of para-hydroxylation sites is 1. The maximum Gasteiger partial charge on any atom is 0.359 e. The van der Waals surface area contributed by atoms with Crippen molar-refractivity contribution in [2.24, 2.45) is 0 Å². The molecule has 0 aliphatic rings. The molecule has 0 spiro atoms. The van der Waals surface area contributed by atoms with E-state index >= 15 is 0 Å². The molecule has 0 aliphatic carbocycles. The highest BCUT2D eigenvalue weighted by Gasteiger charge is 2.25.